The Morgan fingerprint density at radius 3 is 2.40 bits per heavy atom. The molecule has 10 heteroatoms. The van der Waals surface area contributed by atoms with Crippen LogP contribution in [0.5, 0.6) is 0 Å². The van der Waals surface area contributed by atoms with E-state index in [0.29, 0.717) is 19.5 Å². The van der Waals surface area contributed by atoms with Gasteiger partial charge in [-0.05, 0) is 20.4 Å². The lowest BCUT2D eigenvalue weighted by atomic mass is 10.1. The molecule has 142 valence electrons. The van der Waals surface area contributed by atoms with E-state index in [1.807, 2.05) is 29.6 Å². The molecule has 1 aromatic heterocycles. The van der Waals surface area contributed by atoms with Gasteiger partial charge in [-0.1, -0.05) is 0 Å². The number of aromatic nitrogens is 2. The van der Waals surface area contributed by atoms with Crippen LogP contribution in [0.2, 0.25) is 0 Å². The van der Waals surface area contributed by atoms with E-state index >= 15 is 0 Å². The zero-order valence-electron chi connectivity index (χ0n) is 14.5. The molecule has 1 unspecified atom stereocenters. The zero-order chi connectivity index (χ0) is 19.2. The number of amides is 1. The summed E-state index contributed by atoms with van der Waals surface area (Å²) in [6.07, 6.45) is 4.25. The third-order valence-electron chi connectivity index (χ3n) is 3.82. The lowest BCUT2D eigenvalue weighted by Gasteiger charge is -2.39. The molecule has 0 spiro atoms. The normalized spacial score (nSPS) is 16.8. The van der Waals surface area contributed by atoms with Crippen molar-refractivity contribution in [2.45, 2.75) is 25.9 Å². The van der Waals surface area contributed by atoms with Gasteiger partial charge < -0.3 is 24.8 Å². The number of piperazine rings is 1. The Morgan fingerprint density at radius 2 is 1.92 bits per heavy atom. The lowest BCUT2D eigenvalue weighted by Crippen LogP contribution is -2.54. The van der Waals surface area contributed by atoms with Crippen LogP contribution in [0.1, 0.15) is 12.2 Å². The number of rotatable bonds is 4. The van der Waals surface area contributed by atoms with Crippen LogP contribution < -0.4 is 0 Å². The summed E-state index contributed by atoms with van der Waals surface area (Å²) in [6, 6.07) is 0.256. The first kappa shape index (κ1) is 22.5. The van der Waals surface area contributed by atoms with Gasteiger partial charge in [0.2, 0.25) is 5.91 Å². The third kappa shape index (κ3) is 8.27. The number of aliphatic hydroxyl groups excluding tert-OH is 1. The SMILES string of the molecule is Cc1nccn1CC(=O)N1CCN(C)C(CCO)C1.O=CO.O=CO. The fourth-order valence-electron chi connectivity index (χ4n) is 2.45. The van der Waals surface area contributed by atoms with Gasteiger partial charge in [0.1, 0.15) is 12.4 Å². The average molecular weight is 358 g/mol. The maximum absolute atomic E-state index is 12.3. The first-order valence-electron chi connectivity index (χ1n) is 7.67. The van der Waals surface area contributed by atoms with Gasteiger partial charge in [-0.15, -0.1) is 0 Å². The Morgan fingerprint density at radius 1 is 1.32 bits per heavy atom. The number of carboxylic acid groups (broad SMARTS) is 2. The van der Waals surface area contributed by atoms with Crippen molar-refractivity contribution in [2.24, 2.45) is 0 Å². The van der Waals surface area contributed by atoms with Crippen LogP contribution in [0.25, 0.3) is 0 Å². The van der Waals surface area contributed by atoms with E-state index in [1.165, 1.54) is 0 Å². The second kappa shape index (κ2) is 12.9. The monoisotopic (exact) mass is 358 g/mol. The van der Waals surface area contributed by atoms with E-state index in [1.54, 1.807) is 6.20 Å². The topological polar surface area (TPSA) is 136 Å². The van der Waals surface area contributed by atoms with Crippen LogP contribution in [-0.2, 0) is 20.9 Å². The Kier molecular flexibility index (Phi) is 11.6. The van der Waals surface area contributed by atoms with Crippen molar-refractivity contribution >= 4 is 18.9 Å². The summed E-state index contributed by atoms with van der Waals surface area (Å²) < 4.78 is 1.86. The van der Waals surface area contributed by atoms with Gasteiger partial charge in [0, 0.05) is 44.7 Å². The smallest absolute Gasteiger partial charge is 0.290 e. The number of imidazole rings is 1. The molecule has 0 saturated carbocycles. The van der Waals surface area contributed by atoms with E-state index in [4.69, 9.17) is 24.9 Å². The number of carbonyl (C=O) groups excluding carboxylic acids is 1. The number of aliphatic hydroxyl groups is 1. The molecule has 25 heavy (non-hydrogen) atoms. The van der Waals surface area contributed by atoms with Crippen LogP contribution in [0.4, 0.5) is 0 Å². The summed E-state index contributed by atoms with van der Waals surface area (Å²) in [4.78, 5) is 37.2. The highest BCUT2D eigenvalue weighted by Gasteiger charge is 2.26. The van der Waals surface area contributed by atoms with Gasteiger partial charge in [0.05, 0.1) is 0 Å². The molecule has 2 heterocycles. The van der Waals surface area contributed by atoms with E-state index in [2.05, 4.69) is 9.88 Å². The summed E-state index contributed by atoms with van der Waals surface area (Å²) in [5.41, 5.74) is 0. The molecule has 0 aromatic carbocycles. The Labute approximate surface area is 146 Å². The van der Waals surface area contributed by atoms with Crippen molar-refractivity contribution < 1.29 is 29.7 Å². The van der Waals surface area contributed by atoms with Gasteiger partial charge in [-0.2, -0.15) is 0 Å². The average Bonchev–Trinajstić information content (AvgIpc) is 2.96. The third-order valence-corrected chi connectivity index (χ3v) is 3.82. The fourth-order valence-corrected chi connectivity index (χ4v) is 2.45. The molecule has 3 N–H and O–H groups in total. The van der Waals surface area contributed by atoms with Crippen molar-refractivity contribution in [2.75, 3.05) is 33.3 Å². The molecule has 1 saturated heterocycles. The second-order valence-corrected chi connectivity index (χ2v) is 5.30. The number of hydrogen-bond acceptors (Lipinski definition) is 6. The lowest BCUT2D eigenvalue weighted by molar-refractivity contribution is -0.134. The molecule has 0 radical (unpaired) electrons. The van der Waals surface area contributed by atoms with Crippen LogP contribution >= 0.6 is 0 Å². The molecule has 10 nitrogen and oxygen atoms in total. The molecule has 2 rings (SSSR count). The molecule has 1 atom stereocenters. The maximum Gasteiger partial charge on any atom is 0.290 e. The number of aryl methyl sites for hydroxylation is 1. The summed E-state index contributed by atoms with van der Waals surface area (Å²) >= 11 is 0. The Bertz CT molecular complexity index is 516. The summed E-state index contributed by atoms with van der Waals surface area (Å²) in [6.45, 7) is 4.22. The standard InChI is InChI=1S/C13H22N4O2.2CH2O2/c1-11-14-4-5-16(11)10-13(19)17-7-6-15(2)12(9-17)3-8-18;2*2-1-3/h4-5,12,18H,3,6-10H2,1-2H3;2*1H,(H,2,3). The van der Waals surface area contributed by atoms with E-state index in [9.17, 15) is 4.79 Å². The minimum Gasteiger partial charge on any atom is -0.483 e. The van der Waals surface area contributed by atoms with Gasteiger partial charge >= 0.3 is 0 Å². The molecule has 1 aromatic rings. The summed E-state index contributed by atoms with van der Waals surface area (Å²) in [5.74, 6) is 0.978. The maximum atomic E-state index is 12.3. The molecular weight excluding hydrogens is 332 g/mol. The molecule has 1 fully saturated rings. The first-order chi connectivity index (χ1) is 11.9. The first-order valence-corrected chi connectivity index (χ1v) is 7.67. The molecule has 1 aliphatic heterocycles. The molecule has 1 aliphatic rings. The highest BCUT2D eigenvalue weighted by Crippen LogP contribution is 2.11. The van der Waals surface area contributed by atoms with Crippen molar-refractivity contribution in [3.8, 4) is 0 Å². The molecule has 1 amide bonds. The summed E-state index contributed by atoms with van der Waals surface area (Å²) in [5, 5.41) is 22.8. The molecular formula is C15H26N4O6. The summed E-state index contributed by atoms with van der Waals surface area (Å²) in [7, 11) is 2.04. The minimum atomic E-state index is -0.250. The highest BCUT2D eigenvalue weighted by molar-refractivity contribution is 5.76. The van der Waals surface area contributed by atoms with Gasteiger partial charge in [-0.25, -0.2) is 4.98 Å². The Balaban J connectivity index is 0.000000844. The largest absolute Gasteiger partial charge is 0.483 e. The van der Waals surface area contributed by atoms with E-state index < -0.39 is 0 Å². The number of likely N-dealkylation sites (N-methyl/N-ethyl adjacent to an activating group) is 1. The van der Waals surface area contributed by atoms with Crippen molar-refractivity contribution in [1.82, 2.24) is 19.4 Å². The van der Waals surface area contributed by atoms with Gasteiger partial charge in [0.15, 0.2) is 0 Å². The molecule has 0 bridgehead atoms. The van der Waals surface area contributed by atoms with Gasteiger partial charge in [-0.3, -0.25) is 19.3 Å². The zero-order valence-corrected chi connectivity index (χ0v) is 14.5. The predicted octanol–water partition coefficient (Wildman–Crippen LogP) is -0.882. The Hall–Kier alpha value is -2.46. The van der Waals surface area contributed by atoms with Crippen LogP contribution in [0, 0.1) is 6.92 Å². The van der Waals surface area contributed by atoms with Crippen molar-refractivity contribution in [3.05, 3.63) is 18.2 Å². The number of hydrogen-bond donors (Lipinski definition) is 3. The second-order valence-electron chi connectivity index (χ2n) is 5.30. The minimum absolute atomic E-state index is 0.122. The van der Waals surface area contributed by atoms with Crippen LogP contribution in [-0.4, -0.2) is 92.9 Å². The molecule has 0 aliphatic carbocycles. The van der Waals surface area contributed by atoms with Crippen molar-refractivity contribution in [1.29, 1.82) is 0 Å². The van der Waals surface area contributed by atoms with Crippen molar-refractivity contribution in [3.63, 3.8) is 0 Å². The fraction of sp³-hybridized carbons (Fsp3) is 0.600. The van der Waals surface area contributed by atoms with E-state index in [0.717, 1.165) is 18.9 Å². The number of nitrogens with zero attached hydrogens (tertiary/aromatic N) is 4. The quantitative estimate of drug-likeness (QED) is 0.590. The highest BCUT2D eigenvalue weighted by atomic mass is 16.3. The predicted molar refractivity (Wildman–Crippen MR) is 89.1 cm³/mol. The van der Waals surface area contributed by atoms with Crippen LogP contribution in [0.15, 0.2) is 12.4 Å². The number of carbonyl (C=O) groups is 3. The van der Waals surface area contributed by atoms with Gasteiger partial charge in [0.25, 0.3) is 12.9 Å². The van der Waals surface area contributed by atoms with Crippen LogP contribution in [0.3, 0.4) is 0 Å². The van der Waals surface area contributed by atoms with E-state index in [-0.39, 0.29) is 31.5 Å².